The van der Waals surface area contributed by atoms with Gasteiger partial charge in [-0.3, -0.25) is 0 Å². The fraction of sp³-hybridized carbons (Fsp3) is 0.167. The molecule has 8 rings (SSSR count). The summed E-state index contributed by atoms with van der Waals surface area (Å²) in [6.07, 6.45) is 2.61. The summed E-state index contributed by atoms with van der Waals surface area (Å²) in [7, 11) is 2.64. The molecule has 0 saturated carbocycles. The number of nitrogens with zero attached hydrogens (tertiary/aromatic N) is 6. The van der Waals surface area contributed by atoms with Crippen molar-refractivity contribution in [3.8, 4) is 34.6 Å². The van der Waals surface area contributed by atoms with Gasteiger partial charge in [0.1, 0.15) is 11.6 Å². The molecule has 0 atom stereocenters. The standard InChI is InChI=1S/C18H14F2N4O4.C11H10ClN3O2.C7H5F2NO2/c1-10-8-21-17(23-15(10)24-6-5-11(9-24)16(25)26-2)22-12-3-4-13-14(7-12)28-18(19,20)27-13;1-7-5-13-11(12)14-9(7)15-4-3-8(6-15)10(16)17-2;8-7(9)11-5-2-1-4(10)3-6(5)12-7/h3-9H,1-2H3,(H,21,22,23);3-6H,1-2H3;1-3H,10H2. The van der Waals surface area contributed by atoms with Crippen LogP contribution in [0.1, 0.15) is 31.8 Å². The Morgan fingerprint density at radius 2 is 1.21 bits per heavy atom. The second kappa shape index (κ2) is 15.9. The van der Waals surface area contributed by atoms with Gasteiger partial charge < -0.3 is 48.6 Å². The van der Waals surface area contributed by atoms with Crippen LogP contribution in [-0.4, -0.2) is 67.8 Å². The number of rotatable bonds is 6. The van der Waals surface area contributed by atoms with Gasteiger partial charge in [-0.05, 0) is 61.8 Å². The second-order valence-electron chi connectivity index (χ2n) is 11.8. The van der Waals surface area contributed by atoms with Crippen LogP contribution in [0.3, 0.4) is 0 Å². The molecule has 0 amide bonds. The number of benzene rings is 2. The van der Waals surface area contributed by atoms with E-state index in [9.17, 15) is 27.2 Å². The number of methoxy groups -OCH3 is 2. The number of carbonyl (C=O) groups excluding carboxylic acids is 2. The number of aromatic nitrogens is 6. The Morgan fingerprint density at radius 1 is 0.719 bits per heavy atom. The Labute approximate surface area is 324 Å². The van der Waals surface area contributed by atoms with E-state index in [0.29, 0.717) is 34.1 Å². The van der Waals surface area contributed by atoms with Crippen molar-refractivity contribution in [3.05, 3.63) is 113 Å². The van der Waals surface area contributed by atoms with Gasteiger partial charge in [0.05, 0.1) is 25.3 Å². The molecule has 0 radical (unpaired) electrons. The van der Waals surface area contributed by atoms with Crippen molar-refractivity contribution >= 4 is 40.9 Å². The molecular formula is C36H29ClF4N8O8. The summed E-state index contributed by atoms with van der Waals surface area (Å²) >= 11 is 5.74. The second-order valence-corrected chi connectivity index (χ2v) is 12.1. The van der Waals surface area contributed by atoms with Gasteiger partial charge in [-0.15, -0.1) is 17.6 Å². The van der Waals surface area contributed by atoms with Crippen molar-refractivity contribution in [2.24, 2.45) is 0 Å². The molecule has 6 heterocycles. The number of carbonyl (C=O) groups is 2. The number of ether oxygens (including phenoxy) is 6. The summed E-state index contributed by atoms with van der Waals surface area (Å²) < 4.78 is 80.8. The lowest BCUT2D eigenvalue weighted by molar-refractivity contribution is -0.287. The highest BCUT2D eigenvalue weighted by atomic mass is 35.5. The van der Waals surface area contributed by atoms with Gasteiger partial charge in [0, 0.05) is 71.8 Å². The molecule has 2 aliphatic rings. The van der Waals surface area contributed by atoms with E-state index in [4.69, 9.17) is 22.1 Å². The lowest BCUT2D eigenvalue weighted by Gasteiger charge is -2.10. The Morgan fingerprint density at radius 3 is 1.77 bits per heavy atom. The van der Waals surface area contributed by atoms with E-state index in [1.54, 1.807) is 58.4 Å². The van der Waals surface area contributed by atoms with Crippen LogP contribution in [0, 0.1) is 13.8 Å². The molecule has 0 bridgehead atoms. The van der Waals surface area contributed by atoms with E-state index < -0.39 is 18.6 Å². The summed E-state index contributed by atoms with van der Waals surface area (Å²) in [5.74, 6) is 0.413. The van der Waals surface area contributed by atoms with E-state index in [2.05, 4.69) is 48.9 Å². The summed E-state index contributed by atoms with van der Waals surface area (Å²) in [5, 5.41) is 3.10. The predicted molar refractivity (Wildman–Crippen MR) is 193 cm³/mol. The molecule has 2 aliphatic heterocycles. The molecule has 4 aromatic heterocycles. The first-order valence-electron chi connectivity index (χ1n) is 16.2. The maximum atomic E-state index is 13.1. The van der Waals surface area contributed by atoms with E-state index in [1.165, 1.54) is 50.6 Å². The summed E-state index contributed by atoms with van der Waals surface area (Å²) in [4.78, 5) is 39.5. The Hall–Kier alpha value is -7.09. The van der Waals surface area contributed by atoms with Crippen molar-refractivity contribution in [2.75, 3.05) is 25.3 Å². The molecule has 296 valence electrons. The lowest BCUT2D eigenvalue weighted by atomic mass is 10.3. The third-order valence-corrected chi connectivity index (χ3v) is 7.84. The number of hydrogen-bond acceptors (Lipinski definition) is 14. The SMILES string of the molecule is COC(=O)c1ccn(-c2nc(Cl)ncc2C)c1.COC(=O)c1ccn(-c2nc(Nc3ccc4c(c3)OC(F)(F)O4)ncc2C)c1.Nc1ccc2c(c1)OC(F)(F)O2. The van der Waals surface area contributed by atoms with Crippen LogP contribution < -0.4 is 30.0 Å². The number of nitrogen functional groups attached to an aromatic ring is 1. The van der Waals surface area contributed by atoms with Gasteiger partial charge in [0.2, 0.25) is 11.2 Å². The number of alkyl halides is 4. The monoisotopic (exact) mass is 812 g/mol. The average molecular weight is 813 g/mol. The predicted octanol–water partition coefficient (Wildman–Crippen LogP) is 7.03. The highest BCUT2D eigenvalue weighted by molar-refractivity contribution is 6.28. The van der Waals surface area contributed by atoms with Gasteiger partial charge in [0.25, 0.3) is 0 Å². The highest BCUT2D eigenvalue weighted by Gasteiger charge is 2.44. The number of esters is 2. The minimum absolute atomic E-state index is 0.00852. The molecular weight excluding hydrogens is 784 g/mol. The number of nitrogens with one attached hydrogen (secondary N) is 1. The third-order valence-electron chi connectivity index (χ3n) is 7.66. The molecule has 3 N–H and O–H groups in total. The molecule has 6 aromatic rings. The molecule has 0 spiro atoms. The molecule has 21 heteroatoms. The first kappa shape index (κ1) is 39.6. The number of fused-ring (bicyclic) bond motifs is 2. The van der Waals surface area contributed by atoms with Crippen molar-refractivity contribution in [1.82, 2.24) is 29.1 Å². The quantitative estimate of drug-likeness (QED) is 0.0754. The molecule has 0 unspecified atom stereocenters. The maximum absolute atomic E-state index is 13.1. The minimum Gasteiger partial charge on any atom is -0.465 e. The summed E-state index contributed by atoms with van der Waals surface area (Å²) in [6.45, 7) is 3.68. The van der Waals surface area contributed by atoms with E-state index in [-0.39, 0.29) is 40.2 Å². The molecule has 57 heavy (non-hydrogen) atoms. The summed E-state index contributed by atoms with van der Waals surface area (Å²) in [6, 6.07) is 11.6. The van der Waals surface area contributed by atoms with Crippen LogP contribution in [0.4, 0.5) is 34.9 Å². The Balaban J connectivity index is 0.000000160. The molecule has 0 saturated heterocycles. The van der Waals surface area contributed by atoms with Crippen molar-refractivity contribution < 1.29 is 55.6 Å². The van der Waals surface area contributed by atoms with Gasteiger partial charge in [-0.2, -0.15) is 9.97 Å². The van der Waals surface area contributed by atoms with Crippen LogP contribution >= 0.6 is 11.6 Å². The van der Waals surface area contributed by atoms with Crippen molar-refractivity contribution in [3.63, 3.8) is 0 Å². The number of nitrogens with two attached hydrogens (primary N) is 1. The maximum Gasteiger partial charge on any atom is 0.586 e. The normalized spacial score (nSPS) is 13.7. The number of anilines is 3. The summed E-state index contributed by atoms with van der Waals surface area (Å²) in [5.41, 5.74) is 8.61. The fourth-order valence-corrected chi connectivity index (χ4v) is 5.21. The zero-order valence-corrected chi connectivity index (χ0v) is 30.8. The zero-order valence-electron chi connectivity index (χ0n) is 30.0. The highest BCUT2D eigenvalue weighted by Crippen LogP contribution is 2.43. The average Bonchev–Trinajstić information content (AvgIpc) is 3.97. The zero-order chi connectivity index (χ0) is 41.1. The van der Waals surface area contributed by atoms with E-state index in [0.717, 1.165) is 11.1 Å². The topological polar surface area (TPSA) is 189 Å². The lowest BCUT2D eigenvalue weighted by Crippen LogP contribution is -2.25. The molecule has 2 aromatic carbocycles. The first-order chi connectivity index (χ1) is 27.0. The first-order valence-corrected chi connectivity index (χ1v) is 16.6. The van der Waals surface area contributed by atoms with Crippen LogP contribution in [0.25, 0.3) is 11.6 Å². The van der Waals surface area contributed by atoms with Gasteiger partial charge in [-0.25, -0.2) is 19.6 Å². The molecule has 0 fully saturated rings. The largest absolute Gasteiger partial charge is 0.586 e. The number of aryl methyl sites for hydroxylation is 2. The Kier molecular flexibility index (Phi) is 11.1. The van der Waals surface area contributed by atoms with Gasteiger partial charge in [0.15, 0.2) is 23.0 Å². The van der Waals surface area contributed by atoms with Crippen LogP contribution in [0.15, 0.2) is 85.7 Å². The van der Waals surface area contributed by atoms with Crippen molar-refractivity contribution in [1.29, 1.82) is 0 Å². The fourth-order valence-electron chi connectivity index (χ4n) is 5.08. The van der Waals surface area contributed by atoms with Gasteiger partial charge in [-0.1, -0.05) is 0 Å². The molecule has 16 nitrogen and oxygen atoms in total. The smallest absolute Gasteiger partial charge is 0.465 e. The molecule has 0 aliphatic carbocycles. The number of hydrogen-bond donors (Lipinski definition) is 2. The third kappa shape index (κ3) is 9.42. The number of halogens is 5. The van der Waals surface area contributed by atoms with Gasteiger partial charge >= 0.3 is 24.5 Å². The van der Waals surface area contributed by atoms with Crippen LogP contribution in [0.5, 0.6) is 23.0 Å². The minimum atomic E-state index is -3.68. The van der Waals surface area contributed by atoms with Crippen molar-refractivity contribution in [2.45, 2.75) is 26.4 Å². The Bertz CT molecular complexity index is 2460. The van der Waals surface area contributed by atoms with Crippen LogP contribution in [-0.2, 0) is 9.47 Å². The van der Waals surface area contributed by atoms with E-state index >= 15 is 0 Å². The van der Waals surface area contributed by atoms with E-state index in [1.807, 2.05) is 13.8 Å². The van der Waals surface area contributed by atoms with Crippen LogP contribution in [0.2, 0.25) is 5.28 Å².